The molecule has 1 saturated carbocycles. The Labute approximate surface area is 208 Å². The maximum absolute atomic E-state index is 12.2. The summed E-state index contributed by atoms with van der Waals surface area (Å²) >= 11 is 9.86. The highest BCUT2D eigenvalue weighted by molar-refractivity contribution is 9.10. The predicted octanol–water partition coefficient (Wildman–Crippen LogP) is 6.19. The first-order valence-electron chi connectivity index (χ1n) is 12.4. The van der Waals surface area contributed by atoms with Gasteiger partial charge in [0.1, 0.15) is 6.61 Å². The summed E-state index contributed by atoms with van der Waals surface area (Å²) in [4.78, 5) is 16.9. The second kappa shape index (κ2) is 13.3. The molecule has 1 saturated heterocycles. The second-order valence-electron chi connectivity index (χ2n) is 9.65. The van der Waals surface area contributed by atoms with Crippen LogP contribution in [-0.2, 0) is 16.0 Å². The van der Waals surface area contributed by atoms with Gasteiger partial charge in [-0.25, -0.2) is 0 Å². The van der Waals surface area contributed by atoms with Gasteiger partial charge in [-0.1, -0.05) is 27.5 Å². The number of methoxy groups -OCH3 is 1. The van der Waals surface area contributed by atoms with E-state index in [-0.39, 0.29) is 12.5 Å². The average Bonchev–Trinajstić information content (AvgIpc) is 2.79. The minimum absolute atomic E-state index is 0.143. The number of piperidine rings is 1. The summed E-state index contributed by atoms with van der Waals surface area (Å²) in [6, 6.07) is 6.54. The molecular formula is C26H40BrClN2O2. The number of ether oxygens (including phenoxy) is 1. The molecule has 0 spiro atoms. The van der Waals surface area contributed by atoms with Gasteiger partial charge >= 0.3 is 0 Å². The third-order valence-corrected chi connectivity index (χ3v) is 8.50. The Balaban J connectivity index is 1.31. The van der Waals surface area contributed by atoms with E-state index in [1.165, 1.54) is 68.2 Å². The van der Waals surface area contributed by atoms with Crippen molar-refractivity contribution in [3.8, 4) is 0 Å². The maximum atomic E-state index is 12.2. The molecule has 1 aliphatic carbocycles. The molecule has 1 aromatic carbocycles. The molecule has 1 aliphatic heterocycles. The van der Waals surface area contributed by atoms with Crippen LogP contribution >= 0.6 is 27.5 Å². The molecule has 0 aromatic heterocycles. The van der Waals surface area contributed by atoms with Gasteiger partial charge in [0.15, 0.2) is 0 Å². The Bertz CT molecular complexity index is 716. The van der Waals surface area contributed by atoms with Crippen LogP contribution in [-0.4, -0.2) is 61.6 Å². The Morgan fingerprint density at radius 3 is 2.53 bits per heavy atom. The van der Waals surface area contributed by atoms with Crippen molar-refractivity contribution < 1.29 is 9.53 Å². The van der Waals surface area contributed by atoms with E-state index in [2.05, 4.69) is 39.9 Å². The van der Waals surface area contributed by atoms with Crippen LogP contribution in [0.2, 0.25) is 5.02 Å². The first kappa shape index (κ1) is 26.0. The number of nitrogens with zero attached hydrogens (tertiary/aromatic N) is 2. The second-order valence-corrected chi connectivity index (χ2v) is 10.9. The van der Waals surface area contributed by atoms with Crippen molar-refractivity contribution in [3.63, 3.8) is 0 Å². The number of hydrogen-bond donors (Lipinski definition) is 0. The number of benzene rings is 1. The van der Waals surface area contributed by atoms with Crippen LogP contribution < -0.4 is 0 Å². The summed E-state index contributed by atoms with van der Waals surface area (Å²) in [7, 11) is 1.60. The van der Waals surface area contributed by atoms with Crippen LogP contribution in [0.3, 0.4) is 0 Å². The van der Waals surface area contributed by atoms with Crippen molar-refractivity contribution in [3.05, 3.63) is 33.3 Å². The first-order chi connectivity index (χ1) is 15.5. The fourth-order valence-corrected chi connectivity index (χ4v) is 6.22. The monoisotopic (exact) mass is 526 g/mol. The third kappa shape index (κ3) is 7.72. The van der Waals surface area contributed by atoms with Gasteiger partial charge in [0.2, 0.25) is 5.91 Å². The van der Waals surface area contributed by atoms with Crippen molar-refractivity contribution in [1.29, 1.82) is 0 Å². The normalized spacial score (nSPS) is 22.8. The van der Waals surface area contributed by atoms with E-state index in [4.69, 9.17) is 16.3 Å². The number of carbonyl (C=O) groups excluding carboxylic acids is 1. The van der Waals surface area contributed by atoms with Gasteiger partial charge in [-0.05, 0) is 120 Å². The Morgan fingerprint density at radius 1 is 1.16 bits per heavy atom. The van der Waals surface area contributed by atoms with Crippen molar-refractivity contribution in [2.75, 3.05) is 39.9 Å². The zero-order valence-corrected chi connectivity index (χ0v) is 22.2. The average molecular weight is 528 g/mol. The lowest BCUT2D eigenvalue weighted by Gasteiger charge is -2.37. The Kier molecular flexibility index (Phi) is 10.8. The van der Waals surface area contributed by atoms with E-state index in [1.54, 1.807) is 7.11 Å². The molecule has 1 heterocycles. The van der Waals surface area contributed by atoms with Crippen LogP contribution in [0.1, 0.15) is 63.9 Å². The van der Waals surface area contributed by atoms with Gasteiger partial charge in [0, 0.05) is 29.2 Å². The highest BCUT2D eigenvalue weighted by Gasteiger charge is 2.28. The first-order valence-corrected chi connectivity index (χ1v) is 13.6. The van der Waals surface area contributed by atoms with E-state index in [9.17, 15) is 4.79 Å². The summed E-state index contributed by atoms with van der Waals surface area (Å²) < 4.78 is 6.24. The van der Waals surface area contributed by atoms with Crippen LogP contribution in [0.25, 0.3) is 0 Å². The van der Waals surface area contributed by atoms with E-state index < -0.39 is 0 Å². The van der Waals surface area contributed by atoms with Gasteiger partial charge in [-0.3, -0.25) is 4.79 Å². The quantitative estimate of drug-likeness (QED) is 0.364. The maximum Gasteiger partial charge on any atom is 0.248 e. The summed E-state index contributed by atoms with van der Waals surface area (Å²) in [6.07, 6.45) is 11.2. The standard InChI is InChI=1S/C26H40BrClN2O2/c1-3-30(26(31)19-32-2)24-9-6-20(7-10-24)5-4-14-29-15-12-21(13-16-29)17-22-18-23(28)8-11-25(22)27/h8,11,18,20-21,24H,3-7,9-10,12-17,19H2,1-2H3. The van der Waals surface area contributed by atoms with Gasteiger partial charge in [-0.2, -0.15) is 0 Å². The lowest BCUT2D eigenvalue weighted by Crippen LogP contribution is -2.43. The van der Waals surface area contributed by atoms with Crippen molar-refractivity contribution in [2.24, 2.45) is 11.8 Å². The van der Waals surface area contributed by atoms with Gasteiger partial charge < -0.3 is 14.5 Å². The van der Waals surface area contributed by atoms with Crippen LogP contribution in [0.4, 0.5) is 0 Å². The molecule has 1 aromatic rings. The van der Waals surface area contributed by atoms with Gasteiger partial charge in [-0.15, -0.1) is 0 Å². The molecule has 0 radical (unpaired) electrons. The molecule has 0 N–H and O–H groups in total. The number of hydrogen-bond acceptors (Lipinski definition) is 3. The van der Waals surface area contributed by atoms with Crippen LogP contribution in [0.15, 0.2) is 22.7 Å². The van der Waals surface area contributed by atoms with Crippen molar-refractivity contribution in [2.45, 2.75) is 70.8 Å². The SMILES string of the molecule is CCN(C(=O)COC)C1CCC(CCCN2CCC(Cc3cc(Cl)ccc3Br)CC2)CC1. The van der Waals surface area contributed by atoms with Crippen molar-refractivity contribution >= 4 is 33.4 Å². The number of likely N-dealkylation sites (tertiary alicyclic amines) is 1. The molecule has 0 atom stereocenters. The highest BCUT2D eigenvalue weighted by Crippen LogP contribution is 2.31. The van der Waals surface area contributed by atoms with E-state index >= 15 is 0 Å². The highest BCUT2D eigenvalue weighted by atomic mass is 79.9. The molecule has 2 fully saturated rings. The van der Waals surface area contributed by atoms with E-state index in [0.717, 1.165) is 42.7 Å². The molecule has 32 heavy (non-hydrogen) atoms. The Morgan fingerprint density at radius 2 is 1.88 bits per heavy atom. The molecular weight excluding hydrogens is 488 g/mol. The fourth-order valence-electron chi connectivity index (χ4n) is 5.62. The largest absolute Gasteiger partial charge is 0.375 e. The minimum atomic E-state index is 0.143. The van der Waals surface area contributed by atoms with E-state index in [1.807, 2.05) is 11.0 Å². The molecule has 0 bridgehead atoms. The number of halogens is 2. The third-order valence-electron chi connectivity index (χ3n) is 7.50. The lowest BCUT2D eigenvalue weighted by molar-refractivity contribution is -0.138. The molecule has 180 valence electrons. The molecule has 3 rings (SSSR count). The van der Waals surface area contributed by atoms with E-state index in [0.29, 0.717) is 6.04 Å². The lowest BCUT2D eigenvalue weighted by atomic mass is 9.82. The number of amides is 1. The van der Waals surface area contributed by atoms with Gasteiger partial charge in [0.25, 0.3) is 0 Å². The van der Waals surface area contributed by atoms with Crippen LogP contribution in [0.5, 0.6) is 0 Å². The summed E-state index contributed by atoms with van der Waals surface area (Å²) in [5, 5.41) is 0.832. The summed E-state index contributed by atoms with van der Waals surface area (Å²) in [6.45, 7) is 6.77. The zero-order chi connectivity index (χ0) is 22.9. The number of carbonyl (C=O) groups is 1. The smallest absolute Gasteiger partial charge is 0.248 e. The van der Waals surface area contributed by atoms with Crippen LogP contribution in [0, 0.1) is 11.8 Å². The number of likely N-dealkylation sites (N-methyl/N-ethyl adjacent to an activating group) is 1. The van der Waals surface area contributed by atoms with Gasteiger partial charge in [0.05, 0.1) is 0 Å². The molecule has 1 amide bonds. The minimum Gasteiger partial charge on any atom is -0.375 e. The Hall–Kier alpha value is -0.620. The predicted molar refractivity (Wildman–Crippen MR) is 136 cm³/mol. The van der Waals surface area contributed by atoms with Crippen molar-refractivity contribution in [1.82, 2.24) is 9.80 Å². The molecule has 2 aliphatic rings. The number of rotatable bonds is 10. The molecule has 6 heteroatoms. The zero-order valence-electron chi connectivity index (χ0n) is 19.8. The molecule has 0 unspecified atom stereocenters. The topological polar surface area (TPSA) is 32.8 Å². The molecule has 4 nitrogen and oxygen atoms in total. The summed E-state index contributed by atoms with van der Waals surface area (Å²) in [5.41, 5.74) is 1.34. The summed E-state index contributed by atoms with van der Waals surface area (Å²) in [5.74, 6) is 1.74. The fraction of sp³-hybridized carbons (Fsp3) is 0.731.